The molecule has 0 radical (unpaired) electrons. The summed E-state index contributed by atoms with van der Waals surface area (Å²) in [6, 6.07) is 0. The lowest BCUT2D eigenvalue weighted by Gasteiger charge is -2.13. The fourth-order valence-corrected chi connectivity index (χ4v) is 0.972. The van der Waals surface area contributed by atoms with E-state index in [9.17, 15) is 0 Å². The van der Waals surface area contributed by atoms with Crippen molar-refractivity contribution in [3.8, 4) is 0 Å². The first-order valence-corrected chi connectivity index (χ1v) is 4.77. The predicted molar refractivity (Wildman–Crippen MR) is 46.7 cm³/mol. The summed E-state index contributed by atoms with van der Waals surface area (Å²) < 4.78 is 15.6. The molecule has 0 aromatic carbocycles. The average Bonchev–Trinajstić information content (AvgIpc) is 2.89. The molecule has 4 heteroatoms. The Morgan fingerprint density at radius 2 is 2.42 bits per heavy atom. The van der Waals surface area contributed by atoms with E-state index in [1.54, 1.807) is 0 Å². The van der Waals surface area contributed by atoms with Gasteiger partial charge in [0, 0.05) is 6.61 Å². The van der Waals surface area contributed by atoms with Crippen molar-refractivity contribution in [3.05, 3.63) is 0 Å². The van der Waals surface area contributed by atoms with Crippen LogP contribution in [0.1, 0.15) is 6.92 Å². The molecule has 1 fully saturated rings. The maximum atomic E-state index is 5.66. The van der Waals surface area contributed by atoms with Gasteiger partial charge >= 0.3 is 0 Å². The highest BCUT2D eigenvalue weighted by atomic mass is 35.5. The van der Waals surface area contributed by atoms with Crippen LogP contribution in [0.3, 0.4) is 0 Å². The summed E-state index contributed by atoms with van der Waals surface area (Å²) in [6.45, 7) is 4.70. The molecular formula is C8H15ClO3. The summed E-state index contributed by atoms with van der Waals surface area (Å²) in [6.07, 6.45) is 0.313. The zero-order valence-electron chi connectivity index (χ0n) is 7.29. The van der Waals surface area contributed by atoms with Crippen LogP contribution in [-0.4, -0.2) is 44.5 Å². The molecule has 0 N–H and O–H groups in total. The second-order valence-electron chi connectivity index (χ2n) is 2.72. The van der Waals surface area contributed by atoms with E-state index >= 15 is 0 Å². The van der Waals surface area contributed by atoms with Gasteiger partial charge in [0.1, 0.15) is 6.10 Å². The number of alkyl halides is 1. The summed E-state index contributed by atoms with van der Waals surface area (Å²) >= 11 is 5.66. The monoisotopic (exact) mass is 194 g/mol. The molecule has 0 spiro atoms. The lowest BCUT2D eigenvalue weighted by atomic mass is 10.4. The quantitative estimate of drug-likeness (QED) is 0.449. The molecule has 0 amide bonds. The zero-order chi connectivity index (χ0) is 8.81. The van der Waals surface area contributed by atoms with Crippen LogP contribution in [0, 0.1) is 0 Å². The molecule has 2 unspecified atom stereocenters. The van der Waals surface area contributed by atoms with Gasteiger partial charge in [0.05, 0.1) is 31.8 Å². The van der Waals surface area contributed by atoms with Crippen LogP contribution < -0.4 is 0 Å². The van der Waals surface area contributed by atoms with Crippen molar-refractivity contribution in [2.75, 3.05) is 32.3 Å². The van der Waals surface area contributed by atoms with Crippen molar-refractivity contribution in [3.63, 3.8) is 0 Å². The summed E-state index contributed by atoms with van der Waals surface area (Å²) in [5, 5.41) is 0. The van der Waals surface area contributed by atoms with Crippen LogP contribution in [0.4, 0.5) is 0 Å². The van der Waals surface area contributed by atoms with Crippen LogP contribution in [0.15, 0.2) is 0 Å². The topological polar surface area (TPSA) is 31.0 Å². The highest BCUT2D eigenvalue weighted by Gasteiger charge is 2.24. The number of rotatable bonds is 7. The summed E-state index contributed by atoms with van der Waals surface area (Å²) in [4.78, 5) is 0. The Morgan fingerprint density at radius 1 is 1.67 bits per heavy atom. The van der Waals surface area contributed by atoms with Crippen LogP contribution in [-0.2, 0) is 14.2 Å². The Kier molecular flexibility index (Phi) is 4.92. The van der Waals surface area contributed by atoms with Crippen LogP contribution >= 0.6 is 11.6 Å². The predicted octanol–water partition coefficient (Wildman–Crippen LogP) is 1.05. The first-order chi connectivity index (χ1) is 5.86. The van der Waals surface area contributed by atoms with Crippen molar-refractivity contribution in [2.45, 2.75) is 19.1 Å². The highest BCUT2D eigenvalue weighted by Crippen LogP contribution is 2.10. The van der Waals surface area contributed by atoms with Gasteiger partial charge in [0.25, 0.3) is 0 Å². The van der Waals surface area contributed by atoms with Gasteiger partial charge in [-0.15, -0.1) is 11.6 Å². The molecule has 1 aliphatic rings. The van der Waals surface area contributed by atoms with Gasteiger partial charge in [-0.25, -0.2) is 0 Å². The van der Waals surface area contributed by atoms with Crippen LogP contribution in [0.2, 0.25) is 0 Å². The Morgan fingerprint density at radius 3 is 2.92 bits per heavy atom. The molecule has 1 rings (SSSR count). The van der Waals surface area contributed by atoms with E-state index in [0.29, 0.717) is 31.8 Å². The summed E-state index contributed by atoms with van der Waals surface area (Å²) in [5.74, 6) is 0.479. The number of hydrogen-bond donors (Lipinski definition) is 0. The van der Waals surface area contributed by atoms with Crippen molar-refractivity contribution < 1.29 is 14.2 Å². The number of halogens is 1. The van der Waals surface area contributed by atoms with Crippen LogP contribution in [0.5, 0.6) is 0 Å². The van der Waals surface area contributed by atoms with E-state index in [1.807, 2.05) is 6.92 Å². The number of ether oxygens (including phenoxy) is 3. The van der Waals surface area contributed by atoms with Gasteiger partial charge in [0.2, 0.25) is 0 Å². The molecule has 72 valence electrons. The molecule has 0 saturated carbocycles. The SMILES string of the molecule is CCOCC(CCl)OCC1CO1. The maximum Gasteiger partial charge on any atom is 0.104 e. The molecule has 0 aromatic heterocycles. The highest BCUT2D eigenvalue weighted by molar-refractivity contribution is 6.18. The first kappa shape index (κ1) is 10.3. The second kappa shape index (κ2) is 5.75. The molecule has 2 atom stereocenters. The van der Waals surface area contributed by atoms with Crippen molar-refractivity contribution in [1.82, 2.24) is 0 Å². The van der Waals surface area contributed by atoms with E-state index in [-0.39, 0.29) is 6.10 Å². The van der Waals surface area contributed by atoms with E-state index < -0.39 is 0 Å². The van der Waals surface area contributed by atoms with E-state index in [2.05, 4.69) is 0 Å². The molecule has 1 aliphatic heterocycles. The van der Waals surface area contributed by atoms with Gasteiger partial charge in [-0.1, -0.05) is 0 Å². The molecular weight excluding hydrogens is 180 g/mol. The lowest BCUT2D eigenvalue weighted by molar-refractivity contribution is -0.00666. The minimum absolute atomic E-state index is 0.0100. The largest absolute Gasteiger partial charge is 0.379 e. The summed E-state index contributed by atoms with van der Waals surface area (Å²) in [5.41, 5.74) is 0. The normalized spacial score (nSPS) is 24.0. The molecule has 3 nitrogen and oxygen atoms in total. The first-order valence-electron chi connectivity index (χ1n) is 4.23. The molecule has 1 heterocycles. The van der Waals surface area contributed by atoms with Crippen molar-refractivity contribution in [2.24, 2.45) is 0 Å². The standard InChI is InChI=1S/C8H15ClO3/c1-2-10-4-7(3-9)11-5-8-6-12-8/h7-8H,2-6H2,1H3. The lowest BCUT2D eigenvalue weighted by Crippen LogP contribution is -2.23. The minimum Gasteiger partial charge on any atom is -0.379 e. The Labute approximate surface area is 77.9 Å². The van der Waals surface area contributed by atoms with Crippen molar-refractivity contribution in [1.29, 1.82) is 0 Å². The summed E-state index contributed by atoms with van der Waals surface area (Å²) in [7, 11) is 0. The van der Waals surface area contributed by atoms with Gasteiger partial charge in [-0.05, 0) is 6.92 Å². The second-order valence-corrected chi connectivity index (χ2v) is 3.03. The van der Waals surface area contributed by atoms with Crippen molar-refractivity contribution >= 4 is 11.6 Å². The molecule has 12 heavy (non-hydrogen) atoms. The Bertz CT molecular complexity index is 117. The van der Waals surface area contributed by atoms with Gasteiger partial charge < -0.3 is 14.2 Å². The molecule has 1 saturated heterocycles. The molecule has 0 aliphatic carbocycles. The van der Waals surface area contributed by atoms with E-state index in [0.717, 1.165) is 6.61 Å². The van der Waals surface area contributed by atoms with Crippen LogP contribution in [0.25, 0.3) is 0 Å². The smallest absolute Gasteiger partial charge is 0.104 e. The third-order valence-corrected chi connectivity index (χ3v) is 1.94. The molecule has 0 bridgehead atoms. The fourth-order valence-electron chi connectivity index (χ4n) is 0.794. The number of epoxide rings is 1. The zero-order valence-corrected chi connectivity index (χ0v) is 8.05. The average molecular weight is 195 g/mol. The van der Waals surface area contributed by atoms with Gasteiger partial charge in [-0.3, -0.25) is 0 Å². The molecule has 0 aromatic rings. The van der Waals surface area contributed by atoms with Gasteiger partial charge in [-0.2, -0.15) is 0 Å². The third-order valence-electron chi connectivity index (χ3n) is 1.60. The third kappa shape index (κ3) is 4.26. The number of hydrogen-bond acceptors (Lipinski definition) is 3. The van der Waals surface area contributed by atoms with E-state index in [4.69, 9.17) is 25.8 Å². The Balaban J connectivity index is 1.98. The van der Waals surface area contributed by atoms with E-state index in [1.165, 1.54) is 0 Å². The minimum atomic E-state index is 0.0100. The maximum absolute atomic E-state index is 5.66. The Hall–Kier alpha value is 0.170. The fraction of sp³-hybridized carbons (Fsp3) is 1.00. The van der Waals surface area contributed by atoms with Gasteiger partial charge in [0.15, 0.2) is 0 Å².